The van der Waals surface area contributed by atoms with Crippen LogP contribution in [0.25, 0.3) is 0 Å². The number of likely N-dealkylation sites (tertiary alicyclic amines) is 1. The van der Waals surface area contributed by atoms with Crippen LogP contribution in [0.2, 0.25) is 0 Å². The van der Waals surface area contributed by atoms with Gasteiger partial charge in [0.25, 0.3) is 12.3 Å². The summed E-state index contributed by atoms with van der Waals surface area (Å²) in [6, 6.07) is 2.89. The molecule has 1 saturated heterocycles. The molecule has 1 N–H and O–H groups in total. The van der Waals surface area contributed by atoms with E-state index in [4.69, 9.17) is 4.74 Å². The van der Waals surface area contributed by atoms with E-state index >= 15 is 0 Å². The van der Waals surface area contributed by atoms with Gasteiger partial charge in [-0.1, -0.05) is 0 Å². The Balaban J connectivity index is 1.38. The maximum atomic E-state index is 14.1. The molecule has 0 unspecified atom stereocenters. The van der Waals surface area contributed by atoms with Crippen molar-refractivity contribution in [3.8, 4) is 5.88 Å². The molecule has 4 rings (SSSR count). The van der Waals surface area contributed by atoms with Crippen molar-refractivity contribution in [1.29, 1.82) is 0 Å². The van der Waals surface area contributed by atoms with Crippen LogP contribution in [0.3, 0.4) is 0 Å². The molecule has 1 aliphatic rings. The van der Waals surface area contributed by atoms with Crippen molar-refractivity contribution in [3.63, 3.8) is 0 Å². The average Bonchev–Trinajstić information content (AvgIpc) is 3.35. The summed E-state index contributed by atoms with van der Waals surface area (Å²) in [6.07, 6.45) is -6.58. The molecule has 8 nitrogen and oxygen atoms in total. The zero-order valence-corrected chi connectivity index (χ0v) is 20.0. The first kappa shape index (κ1) is 26.7. The Morgan fingerprint density at radius 3 is 2.59 bits per heavy atom. The van der Waals surface area contributed by atoms with Crippen LogP contribution in [0.5, 0.6) is 5.88 Å². The Hall–Kier alpha value is -3.33. The van der Waals surface area contributed by atoms with Crippen molar-refractivity contribution in [2.24, 2.45) is 0 Å². The lowest BCUT2D eigenvalue weighted by Crippen LogP contribution is -2.29. The normalized spacial score (nSPS) is 18.4. The molecule has 15 heteroatoms. The second-order valence-electron chi connectivity index (χ2n) is 8.25. The van der Waals surface area contributed by atoms with Gasteiger partial charge in [0.1, 0.15) is 6.10 Å². The zero-order chi connectivity index (χ0) is 26.7. The molecule has 3 aromatic rings. The molecule has 1 aliphatic heterocycles. The van der Waals surface area contributed by atoms with Crippen LogP contribution in [-0.2, 0) is 12.6 Å². The Morgan fingerprint density at radius 1 is 1.19 bits per heavy atom. The van der Waals surface area contributed by atoms with E-state index in [1.54, 1.807) is 6.92 Å². The van der Waals surface area contributed by atoms with Crippen molar-refractivity contribution in [1.82, 2.24) is 24.2 Å². The first-order valence-corrected chi connectivity index (χ1v) is 11.7. The van der Waals surface area contributed by atoms with Crippen LogP contribution in [0, 0.1) is 6.92 Å². The number of pyridine rings is 1. The minimum absolute atomic E-state index is 0.00218. The zero-order valence-electron chi connectivity index (χ0n) is 19.2. The number of amides is 1. The predicted molar refractivity (Wildman–Crippen MR) is 121 cm³/mol. The third kappa shape index (κ3) is 6.71. The summed E-state index contributed by atoms with van der Waals surface area (Å²) in [5, 5.41) is 2.66. The lowest BCUT2D eigenvalue weighted by Gasteiger charge is -2.16. The minimum Gasteiger partial charge on any atom is -0.470 e. The quantitative estimate of drug-likeness (QED) is 0.424. The molecule has 1 fully saturated rings. The number of alkyl halides is 6. The van der Waals surface area contributed by atoms with Crippen molar-refractivity contribution in [2.45, 2.75) is 38.2 Å². The fraction of sp³-hybridized carbons (Fsp3) is 0.409. The van der Waals surface area contributed by atoms with Crippen molar-refractivity contribution < 1.29 is 35.9 Å². The van der Waals surface area contributed by atoms with Gasteiger partial charge in [-0.15, -0.1) is 0 Å². The predicted octanol–water partition coefficient (Wildman–Crippen LogP) is 4.16. The topological polar surface area (TPSA) is 93.1 Å². The summed E-state index contributed by atoms with van der Waals surface area (Å²) in [5.74, 6) is -0.446. The van der Waals surface area contributed by atoms with Crippen molar-refractivity contribution in [3.05, 3.63) is 58.2 Å². The SMILES string of the molecule is Cc1nsc(Cc2cnc(C(F)(F)F)cn2)c1C(=O)Nc1ccc(O[C@@H]2CN(CC(F)F)C[C@@H]2F)nc1. The highest BCUT2D eigenvalue weighted by molar-refractivity contribution is 7.06. The summed E-state index contributed by atoms with van der Waals surface area (Å²) in [6.45, 7) is 0.928. The Kier molecular flexibility index (Phi) is 7.92. The summed E-state index contributed by atoms with van der Waals surface area (Å²) in [4.78, 5) is 25.9. The van der Waals surface area contributed by atoms with Gasteiger partial charge in [-0.2, -0.15) is 17.5 Å². The van der Waals surface area contributed by atoms with Gasteiger partial charge in [-0.05, 0) is 24.5 Å². The number of anilines is 1. The molecular weight excluding hydrogens is 526 g/mol. The minimum atomic E-state index is -4.61. The second kappa shape index (κ2) is 11.0. The van der Waals surface area contributed by atoms with Crippen LogP contribution in [-0.4, -0.2) is 68.5 Å². The van der Waals surface area contributed by atoms with Gasteiger partial charge < -0.3 is 10.1 Å². The molecule has 0 spiro atoms. The van der Waals surface area contributed by atoms with Crippen molar-refractivity contribution in [2.75, 3.05) is 25.0 Å². The monoisotopic (exact) mass is 546 g/mol. The summed E-state index contributed by atoms with van der Waals surface area (Å²) >= 11 is 1.02. The van der Waals surface area contributed by atoms with E-state index in [2.05, 4.69) is 24.6 Å². The molecule has 0 saturated carbocycles. The number of carbonyl (C=O) groups is 1. The summed E-state index contributed by atoms with van der Waals surface area (Å²) < 4.78 is 87.0. The number of carbonyl (C=O) groups excluding carboxylic acids is 1. The molecule has 0 aliphatic carbocycles. The molecule has 2 atom stereocenters. The van der Waals surface area contributed by atoms with E-state index in [-0.39, 0.29) is 36.6 Å². The highest BCUT2D eigenvalue weighted by Gasteiger charge is 2.36. The number of rotatable bonds is 8. The molecular formula is C22H20F6N6O2S. The van der Waals surface area contributed by atoms with E-state index in [1.807, 2.05) is 0 Å². The number of aryl methyl sites for hydroxylation is 1. The number of aromatic nitrogens is 4. The first-order chi connectivity index (χ1) is 17.5. The lowest BCUT2D eigenvalue weighted by atomic mass is 10.1. The van der Waals surface area contributed by atoms with E-state index in [9.17, 15) is 31.1 Å². The van der Waals surface area contributed by atoms with E-state index in [1.165, 1.54) is 23.2 Å². The van der Waals surface area contributed by atoms with Crippen LogP contribution in [0.1, 0.15) is 32.3 Å². The van der Waals surface area contributed by atoms with Gasteiger partial charge in [0, 0.05) is 36.7 Å². The molecule has 0 bridgehead atoms. The van der Waals surface area contributed by atoms with Crippen LogP contribution >= 0.6 is 11.5 Å². The number of halogens is 6. The molecule has 37 heavy (non-hydrogen) atoms. The number of ether oxygens (including phenoxy) is 1. The number of nitrogens with one attached hydrogen (secondary N) is 1. The molecule has 3 aromatic heterocycles. The number of hydrogen-bond acceptors (Lipinski definition) is 8. The van der Waals surface area contributed by atoms with Gasteiger partial charge in [0.15, 0.2) is 11.9 Å². The fourth-order valence-electron chi connectivity index (χ4n) is 3.72. The van der Waals surface area contributed by atoms with Crippen LogP contribution < -0.4 is 10.1 Å². The Bertz CT molecular complexity index is 1220. The number of nitrogens with zero attached hydrogens (tertiary/aromatic N) is 5. The van der Waals surface area contributed by atoms with Gasteiger partial charge >= 0.3 is 6.18 Å². The van der Waals surface area contributed by atoms with Gasteiger partial charge in [-0.25, -0.2) is 23.1 Å². The maximum Gasteiger partial charge on any atom is 0.434 e. The summed E-state index contributed by atoms with van der Waals surface area (Å²) in [7, 11) is 0. The van der Waals surface area contributed by atoms with E-state index in [0.29, 0.717) is 22.5 Å². The van der Waals surface area contributed by atoms with Crippen molar-refractivity contribution >= 4 is 23.1 Å². The smallest absolute Gasteiger partial charge is 0.434 e. The van der Waals surface area contributed by atoms with Gasteiger partial charge in [-0.3, -0.25) is 14.7 Å². The highest BCUT2D eigenvalue weighted by Crippen LogP contribution is 2.28. The third-order valence-electron chi connectivity index (χ3n) is 5.43. The third-order valence-corrected chi connectivity index (χ3v) is 6.37. The molecule has 1 amide bonds. The highest BCUT2D eigenvalue weighted by atomic mass is 32.1. The van der Waals surface area contributed by atoms with Crippen LogP contribution in [0.15, 0.2) is 30.7 Å². The largest absolute Gasteiger partial charge is 0.470 e. The van der Waals surface area contributed by atoms with E-state index in [0.717, 1.165) is 17.7 Å². The number of hydrogen-bond donors (Lipinski definition) is 1. The van der Waals surface area contributed by atoms with E-state index < -0.39 is 43.0 Å². The molecule has 0 radical (unpaired) electrons. The lowest BCUT2D eigenvalue weighted by molar-refractivity contribution is -0.141. The first-order valence-electron chi connectivity index (χ1n) is 10.9. The molecule has 0 aromatic carbocycles. The second-order valence-corrected chi connectivity index (χ2v) is 9.11. The fourth-order valence-corrected chi connectivity index (χ4v) is 4.60. The average molecular weight is 546 g/mol. The molecule has 4 heterocycles. The van der Waals surface area contributed by atoms with Gasteiger partial charge in [0.05, 0.1) is 41.6 Å². The standard InChI is InChI=1S/C22H20F6N6O2S/c1-11-20(16(37-33-11)4-13-6-30-17(7-29-13)22(26,27)28)21(35)32-12-2-3-19(31-5-12)36-15-9-34(8-14(15)23)10-18(24)25/h2-3,5-7,14-15,18H,4,8-10H2,1H3,(H,32,35)/t14-,15+/m0/s1. The maximum absolute atomic E-state index is 14.1. The Morgan fingerprint density at radius 2 is 1.97 bits per heavy atom. The van der Waals surface area contributed by atoms with Crippen LogP contribution in [0.4, 0.5) is 32.0 Å². The van der Waals surface area contributed by atoms with Gasteiger partial charge in [0.2, 0.25) is 5.88 Å². The molecule has 198 valence electrons. The summed E-state index contributed by atoms with van der Waals surface area (Å²) in [5.41, 5.74) is 0.0890. The Labute approximate surface area is 210 Å².